The van der Waals surface area contributed by atoms with Crippen LogP contribution in [-0.2, 0) is 16.1 Å². The quantitative estimate of drug-likeness (QED) is 0.826. The van der Waals surface area contributed by atoms with Gasteiger partial charge in [0.25, 0.3) is 0 Å². The Labute approximate surface area is 120 Å². The summed E-state index contributed by atoms with van der Waals surface area (Å²) in [6, 6.07) is 8.33. The maximum absolute atomic E-state index is 11.9. The van der Waals surface area contributed by atoms with Crippen LogP contribution < -0.4 is 10.6 Å². The molecule has 0 saturated heterocycles. The zero-order valence-corrected chi connectivity index (χ0v) is 12.5. The summed E-state index contributed by atoms with van der Waals surface area (Å²) in [4.78, 5) is 11.9. The Kier molecular flexibility index (Phi) is 5.15. The molecule has 20 heavy (non-hydrogen) atoms. The number of carbonyl (C=O) groups excluding carboxylic acids is 1. The molecule has 0 saturated carbocycles. The van der Waals surface area contributed by atoms with Gasteiger partial charge in [-0.1, -0.05) is 38.1 Å². The second-order valence-corrected chi connectivity index (χ2v) is 5.63. The topological polar surface area (TPSA) is 50.4 Å². The Morgan fingerprint density at radius 1 is 1.40 bits per heavy atom. The highest BCUT2D eigenvalue weighted by atomic mass is 16.5. The van der Waals surface area contributed by atoms with Crippen LogP contribution in [0.2, 0.25) is 0 Å². The Morgan fingerprint density at radius 3 is 2.85 bits per heavy atom. The number of hydrogen-bond acceptors (Lipinski definition) is 4. The summed E-state index contributed by atoms with van der Waals surface area (Å²) in [7, 11) is 1.45. The first-order valence-electron chi connectivity index (χ1n) is 7.26. The van der Waals surface area contributed by atoms with Gasteiger partial charge in [0.05, 0.1) is 7.11 Å². The van der Waals surface area contributed by atoms with E-state index >= 15 is 0 Å². The summed E-state index contributed by atoms with van der Waals surface area (Å²) >= 11 is 0. The Hall–Kier alpha value is -1.39. The summed E-state index contributed by atoms with van der Waals surface area (Å²) in [6.07, 6.45) is 0.969. The molecule has 0 aromatic heterocycles. The predicted molar refractivity (Wildman–Crippen MR) is 79.3 cm³/mol. The lowest BCUT2D eigenvalue weighted by atomic mass is 9.96. The minimum atomic E-state index is -0.267. The van der Waals surface area contributed by atoms with Gasteiger partial charge in [0, 0.05) is 12.6 Å². The van der Waals surface area contributed by atoms with Gasteiger partial charge in [0.15, 0.2) is 0 Å². The Balaban J connectivity index is 2.21. The fourth-order valence-corrected chi connectivity index (χ4v) is 2.71. The number of hydrogen-bond donors (Lipinski definition) is 2. The zero-order chi connectivity index (χ0) is 14.5. The molecular weight excluding hydrogens is 252 g/mol. The number of carbonyl (C=O) groups is 1. The Bertz CT molecular complexity index is 460. The highest BCUT2D eigenvalue weighted by Crippen LogP contribution is 2.25. The predicted octanol–water partition coefficient (Wildman–Crippen LogP) is 2.01. The number of fused-ring (bicyclic) bond motifs is 1. The van der Waals surface area contributed by atoms with Gasteiger partial charge < -0.3 is 10.1 Å². The standard InChI is InChI=1S/C16H24N2O2/c1-11(2)15(16(19)20-3)18-14-8-9-17-10-12-6-4-5-7-13(12)14/h4-7,11,14-15,17-18H,8-10H2,1-3H3/t14?,15-/m0/s1. The van der Waals surface area contributed by atoms with Crippen molar-refractivity contribution in [2.75, 3.05) is 13.7 Å². The van der Waals surface area contributed by atoms with Gasteiger partial charge in [-0.05, 0) is 30.0 Å². The van der Waals surface area contributed by atoms with E-state index in [0.29, 0.717) is 0 Å². The van der Waals surface area contributed by atoms with Gasteiger partial charge in [0.2, 0.25) is 0 Å². The van der Waals surface area contributed by atoms with Crippen molar-refractivity contribution in [1.29, 1.82) is 0 Å². The molecular formula is C16H24N2O2. The fraction of sp³-hybridized carbons (Fsp3) is 0.562. The number of methoxy groups -OCH3 is 1. The third-order valence-corrected chi connectivity index (χ3v) is 3.86. The second-order valence-electron chi connectivity index (χ2n) is 5.63. The van der Waals surface area contributed by atoms with Crippen LogP contribution in [0, 0.1) is 5.92 Å². The summed E-state index contributed by atoms with van der Waals surface area (Å²) in [5.74, 6) is 0.0144. The van der Waals surface area contributed by atoms with E-state index in [1.54, 1.807) is 0 Å². The first kappa shape index (κ1) is 15.0. The van der Waals surface area contributed by atoms with Gasteiger partial charge in [-0.3, -0.25) is 10.1 Å². The molecule has 2 N–H and O–H groups in total. The smallest absolute Gasteiger partial charge is 0.323 e. The molecule has 2 atom stereocenters. The maximum atomic E-state index is 11.9. The van der Waals surface area contributed by atoms with Crippen LogP contribution in [0.4, 0.5) is 0 Å². The monoisotopic (exact) mass is 276 g/mol. The zero-order valence-electron chi connectivity index (χ0n) is 12.5. The fourth-order valence-electron chi connectivity index (χ4n) is 2.71. The largest absolute Gasteiger partial charge is 0.468 e. The molecule has 4 nitrogen and oxygen atoms in total. The number of ether oxygens (including phenoxy) is 1. The first-order chi connectivity index (χ1) is 9.63. The van der Waals surface area contributed by atoms with Crippen molar-refractivity contribution in [3.8, 4) is 0 Å². The highest BCUT2D eigenvalue weighted by molar-refractivity contribution is 5.76. The molecule has 1 aromatic rings. The lowest BCUT2D eigenvalue weighted by molar-refractivity contribution is -0.144. The highest BCUT2D eigenvalue weighted by Gasteiger charge is 2.28. The van der Waals surface area contributed by atoms with E-state index in [1.807, 2.05) is 13.8 Å². The van der Waals surface area contributed by atoms with E-state index in [-0.39, 0.29) is 24.0 Å². The van der Waals surface area contributed by atoms with Crippen molar-refractivity contribution in [1.82, 2.24) is 10.6 Å². The van der Waals surface area contributed by atoms with Crippen LogP contribution in [0.1, 0.15) is 37.4 Å². The third-order valence-electron chi connectivity index (χ3n) is 3.86. The second kappa shape index (κ2) is 6.86. The molecule has 0 amide bonds. The van der Waals surface area contributed by atoms with Crippen LogP contribution in [0.3, 0.4) is 0 Å². The molecule has 2 rings (SSSR count). The lowest BCUT2D eigenvalue weighted by Crippen LogP contribution is -2.44. The molecule has 0 fully saturated rings. The molecule has 0 aliphatic carbocycles. The first-order valence-corrected chi connectivity index (χ1v) is 7.26. The van der Waals surface area contributed by atoms with E-state index in [2.05, 4.69) is 34.9 Å². The maximum Gasteiger partial charge on any atom is 0.323 e. The van der Waals surface area contributed by atoms with Crippen LogP contribution >= 0.6 is 0 Å². The summed E-state index contributed by atoms with van der Waals surface area (Å²) < 4.78 is 4.92. The average molecular weight is 276 g/mol. The van der Waals surface area contributed by atoms with E-state index in [0.717, 1.165) is 19.5 Å². The molecule has 110 valence electrons. The molecule has 1 aromatic carbocycles. The molecule has 0 spiro atoms. The molecule has 1 aliphatic rings. The van der Waals surface area contributed by atoms with Crippen molar-refractivity contribution in [2.45, 2.75) is 38.9 Å². The number of rotatable bonds is 4. The van der Waals surface area contributed by atoms with Crippen molar-refractivity contribution < 1.29 is 9.53 Å². The van der Waals surface area contributed by atoms with E-state index in [9.17, 15) is 4.79 Å². The SMILES string of the molecule is COC(=O)[C@@H](NC1CCNCc2ccccc21)C(C)C. The van der Waals surface area contributed by atoms with Crippen LogP contribution in [0.5, 0.6) is 0 Å². The summed E-state index contributed by atoms with van der Waals surface area (Å²) in [5.41, 5.74) is 2.59. The van der Waals surface area contributed by atoms with E-state index < -0.39 is 0 Å². The van der Waals surface area contributed by atoms with Crippen molar-refractivity contribution in [3.63, 3.8) is 0 Å². The van der Waals surface area contributed by atoms with E-state index in [1.165, 1.54) is 18.2 Å². The van der Waals surface area contributed by atoms with Crippen molar-refractivity contribution in [3.05, 3.63) is 35.4 Å². The van der Waals surface area contributed by atoms with Gasteiger partial charge in [-0.25, -0.2) is 0 Å². The van der Waals surface area contributed by atoms with Gasteiger partial charge in [-0.2, -0.15) is 0 Å². The van der Waals surface area contributed by atoms with E-state index in [4.69, 9.17) is 4.74 Å². The van der Waals surface area contributed by atoms with Crippen molar-refractivity contribution in [2.24, 2.45) is 5.92 Å². The molecule has 0 radical (unpaired) electrons. The minimum Gasteiger partial charge on any atom is -0.468 e. The summed E-state index contributed by atoms with van der Waals surface area (Å²) in [6.45, 7) is 5.90. The van der Waals surface area contributed by atoms with Gasteiger partial charge in [0.1, 0.15) is 6.04 Å². The lowest BCUT2D eigenvalue weighted by Gasteiger charge is -2.27. The van der Waals surface area contributed by atoms with Gasteiger partial charge >= 0.3 is 5.97 Å². The number of nitrogens with one attached hydrogen (secondary N) is 2. The third kappa shape index (κ3) is 3.38. The van der Waals surface area contributed by atoms with Gasteiger partial charge in [-0.15, -0.1) is 0 Å². The van der Waals surface area contributed by atoms with Crippen molar-refractivity contribution >= 4 is 5.97 Å². The molecule has 1 heterocycles. The molecule has 1 unspecified atom stereocenters. The molecule has 4 heteroatoms. The normalized spacial score (nSPS) is 20.1. The number of benzene rings is 1. The molecule has 1 aliphatic heterocycles. The minimum absolute atomic E-state index is 0.185. The Morgan fingerprint density at radius 2 is 2.15 bits per heavy atom. The average Bonchev–Trinajstić information content (AvgIpc) is 2.66. The van der Waals surface area contributed by atoms with Crippen LogP contribution in [0.15, 0.2) is 24.3 Å². The van der Waals surface area contributed by atoms with Crippen LogP contribution in [0.25, 0.3) is 0 Å². The summed E-state index contributed by atoms with van der Waals surface area (Å²) in [5, 5.41) is 6.91. The number of esters is 1. The van der Waals surface area contributed by atoms with Crippen LogP contribution in [-0.4, -0.2) is 25.7 Å². The molecule has 0 bridgehead atoms.